The van der Waals surface area contributed by atoms with Crippen molar-refractivity contribution in [3.05, 3.63) is 64.7 Å². The first-order valence-electron chi connectivity index (χ1n) is 6.33. The molecule has 19 heavy (non-hydrogen) atoms. The van der Waals surface area contributed by atoms with Crippen molar-refractivity contribution < 1.29 is 4.74 Å². The molecule has 0 saturated carbocycles. The van der Waals surface area contributed by atoms with Crippen molar-refractivity contribution in [1.29, 1.82) is 0 Å². The standard InChI is InChI=1S/C16H16N2O/c1-19-15-8-6-13(7-9-15)10-18-11-14-4-2-3-5-16(14)17-12-18/h2-9,11H,10,12H2,1H3. The molecule has 0 unspecified atom stereocenters. The largest absolute Gasteiger partial charge is 0.497 e. The van der Waals surface area contributed by atoms with Crippen LogP contribution in [0.15, 0.2) is 53.5 Å². The van der Waals surface area contributed by atoms with Gasteiger partial charge in [-0.25, -0.2) is 0 Å². The number of methoxy groups -OCH3 is 1. The Hall–Kier alpha value is -2.29. The molecule has 0 amide bonds. The molecule has 0 radical (unpaired) electrons. The molecule has 3 nitrogen and oxygen atoms in total. The van der Waals surface area contributed by atoms with Gasteiger partial charge in [-0.2, -0.15) is 0 Å². The molecule has 0 saturated heterocycles. The van der Waals surface area contributed by atoms with Crippen LogP contribution in [-0.4, -0.2) is 18.7 Å². The van der Waals surface area contributed by atoms with Crippen LogP contribution in [0.4, 0.5) is 0 Å². The van der Waals surface area contributed by atoms with Crippen molar-refractivity contribution in [3.8, 4) is 5.75 Å². The van der Waals surface area contributed by atoms with Crippen LogP contribution in [0.2, 0.25) is 0 Å². The van der Waals surface area contributed by atoms with Gasteiger partial charge in [0.25, 0.3) is 0 Å². The van der Waals surface area contributed by atoms with Gasteiger partial charge >= 0.3 is 0 Å². The topological polar surface area (TPSA) is 24.8 Å². The van der Waals surface area contributed by atoms with E-state index >= 15 is 0 Å². The summed E-state index contributed by atoms with van der Waals surface area (Å²) in [5.74, 6) is 0.890. The third-order valence-electron chi connectivity index (χ3n) is 3.23. The average Bonchev–Trinajstić information content (AvgIpc) is 2.48. The van der Waals surface area contributed by atoms with Crippen LogP contribution in [0.3, 0.4) is 0 Å². The molecule has 2 aromatic rings. The lowest BCUT2D eigenvalue weighted by atomic mass is 10.2. The number of para-hydroxylation sites is 1. The summed E-state index contributed by atoms with van der Waals surface area (Å²) in [6.45, 7) is 1.57. The van der Waals surface area contributed by atoms with Gasteiger partial charge in [-0.1, -0.05) is 30.3 Å². The predicted octanol–water partition coefficient (Wildman–Crippen LogP) is 1.53. The zero-order chi connectivity index (χ0) is 13.1. The predicted molar refractivity (Wildman–Crippen MR) is 75.1 cm³/mol. The van der Waals surface area contributed by atoms with E-state index in [1.54, 1.807) is 7.11 Å². The van der Waals surface area contributed by atoms with Crippen LogP contribution >= 0.6 is 0 Å². The van der Waals surface area contributed by atoms with Gasteiger partial charge in [0.05, 0.1) is 12.5 Å². The zero-order valence-electron chi connectivity index (χ0n) is 10.9. The van der Waals surface area contributed by atoms with Gasteiger partial charge in [-0.3, -0.25) is 4.99 Å². The maximum atomic E-state index is 5.17. The van der Waals surface area contributed by atoms with Crippen LogP contribution in [-0.2, 0) is 6.54 Å². The Kier molecular flexibility index (Phi) is 3.19. The number of benzene rings is 2. The molecule has 0 spiro atoms. The molecule has 2 aromatic carbocycles. The van der Waals surface area contributed by atoms with Gasteiger partial charge in [0.2, 0.25) is 0 Å². The Balaban J connectivity index is 1.80. The highest BCUT2D eigenvalue weighted by molar-refractivity contribution is 5.29. The normalized spacial score (nSPS) is 13.2. The number of hydrogen-bond donors (Lipinski definition) is 0. The molecule has 1 aliphatic rings. The summed E-state index contributed by atoms with van der Waals surface area (Å²) in [5, 5.41) is 2.26. The van der Waals surface area contributed by atoms with E-state index in [1.165, 1.54) is 10.8 Å². The van der Waals surface area contributed by atoms with Gasteiger partial charge < -0.3 is 9.64 Å². The highest BCUT2D eigenvalue weighted by atomic mass is 16.5. The molecule has 3 heteroatoms. The number of ether oxygens (including phenoxy) is 1. The van der Waals surface area contributed by atoms with Crippen LogP contribution in [0.5, 0.6) is 5.75 Å². The fourth-order valence-corrected chi connectivity index (χ4v) is 2.21. The summed E-state index contributed by atoms with van der Waals surface area (Å²) in [6, 6.07) is 16.4. The summed E-state index contributed by atoms with van der Waals surface area (Å²) in [5.41, 5.74) is 1.26. The number of nitrogens with zero attached hydrogens (tertiary/aromatic N) is 2. The average molecular weight is 252 g/mol. The molecule has 0 fully saturated rings. The summed E-state index contributed by atoms with van der Waals surface area (Å²) >= 11 is 0. The molecular formula is C16H16N2O. The molecule has 0 aromatic heterocycles. The zero-order valence-corrected chi connectivity index (χ0v) is 10.9. The number of fused-ring (bicyclic) bond motifs is 1. The Bertz CT molecular complexity index is 677. The minimum Gasteiger partial charge on any atom is -0.497 e. The lowest BCUT2D eigenvalue weighted by molar-refractivity contribution is 0.403. The Labute approximate surface area is 112 Å². The second kappa shape index (κ2) is 5.14. The minimum absolute atomic E-state index is 0.711. The van der Waals surface area contributed by atoms with E-state index in [9.17, 15) is 0 Å². The van der Waals surface area contributed by atoms with Crippen LogP contribution in [0, 0.1) is 0 Å². The first-order chi connectivity index (χ1) is 9.35. The Morgan fingerprint density at radius 1 is 1.11 bits per heavy atom. The van der Waals surface area contributed by atoms with Crippen molar-refractivity contribution in [1.82, 2.24) is 4.90 Å². The minimum atomic E-state index is 0.711. The fourth-order valence-electron chi connectivity index (χ4n) is 2.21. The van der Waals surface area contributed by atoms with E-state index in [1.807, 2.05) is 24.3 Å². The Morgan fingerprint density at radius 2 is 1.89 bits per heavy atom. The molecule has 0 aliphatic carbocycles. The van der Waals surface area contributed by atoms with Crippen molar-refractivity contribution in [2.24, 2.45) is 4.99 Å². The van der Waals surface area contributed by atoms with Gasteiger partial charge in [0, 0.05) is 18.0 Å². The van der Waals surface area contributed by atoms with E-state index in [-0.39, 0.29) is 0 Å². The van der Waals surface area contributed by atoms with Crippen LogP contribution < -0.4 is 15.3 Å². The lowest BCUT2D eigenvalue weighted by Gasteiger charge is -2.20. The van der Waals surface area contributed by atoms with Gasteiger partial charge in [0.1, 0.15) is 12.4 Å². The maximum absolute atomic E-state index is 5.17. The highest BCUT2D eigenvalue weighted by Crippen LogP contribution is 2.13. The third-order valence-corrected chi connectivity index (χ3v) is 3.23. The van der Waals surface area contributed by atoms with Crippen molar-refractivity contribution in [3.63, 3.8) is 0 Å². The molecular weight excluding hydrogens is 236 g/mol. The first-order valence-corrected chi connectivity index (χ1v) is 6.33. The number of hydrogen-bond acceptors (Lipinski definition) is 3. The molecule has 96 valence electrons. The third kappa shape index (κ3) is 2.60. The van der Waals surface area contributed by atoms with E-state index in [2.05, 4.69) is 40.4 Å². The van der Waals surface area contributed by atoms with E-state index in [0.29, 0.717) is 6.67 Å². The van der Waals surface area contributed by atoms with E-state index in [4.69, 9.17) is 4.74 Å². The molecule has 0 atom stereocenters. The van der Waals surface area contributed by atoms with Crippen molar-refractivity contribution in [2.45, 2.75) is 6.54 Å². The highest BCUT2D eigenvalue weighted by Gasteiger charge is 2.04. The summed E-state index contributed by atoms with van der Waals surface area (Å²) in [7, 11) is 1.68. The molecule has 1 aliphatic heterocycles. The van der Waals surface area contributed by atoms with E-state index < -0.39 is 0 Å². The van der Waals surface area contributed by atoms with Gasteiger partial charge in [0.15, 0.2) is 0 Å². The van der Waals surface area contributed by atoms with Gasteiger partial charge in [-0.15, -0.1) is 0 Å². The monoisotopic (exact) mass is 252 g/mol. The molecule has 0 bridgehead atoms. The van der Waals surface area contributed by atoms with Crippen molar-refractivity contribution >= 4 is 6.20 Å². The first kappa shape index (κ1) is 11.8. The lowest BCUT2D eigenvalue weighted by Crippen LogP contribution is -2.35. The SMILES string of the molecule is COc1ccc(CN2C=c3ccccc3=NC2)cc1. The van der Waals surface area contributed by atoms with Crippen LogP contribution in [0.1, 0.15) is 5.56 Å². The van der Waals surface area contributed by atoms with Crippen molar-refractivity contribution in [2.75, 3.05) is 13.8 Å². The second-order valence-electron chi connectivity index (χ2n) is 4.58. The van der Waals surface area contributed by atoms with Gasteiger partial charge in [-0.05, 0) is 23.8 Å². The van der Waals surface area contributed by atoms with E-state index in [0.717, 1.165) is 17.7 Å². The second-order valence-corrected chi connectivity index (χ2v) is 4.58. The quantitative estimate of drug-likeness (QED) is 0.827. The molecule has 1 heterocycles. The molecule has 0 N–H and O–H groups in total. The maximum Gasteiger partial charge on any atom is 0.118 e. The smallest absolute Gasteiger partial charge is 0.118 e. The van der Waals surface area contributed by atoms with Crippen LogP contribution in [0.25, 0.3) is 6.20 Å². The fraction of sp³-hybridized carbons (Fsp3) is 0.188. The number of rotatable bonds is 3. The summed E-state index contributed by atoms with van der Waals surface area (Å²) in [6.07, 6.45) is 2.17. The Morgan fingerprint density at radius 3 is 2.68 bits per heavy atom. The summed E-state index contributed by atoms with van der Waals surface area (Å²) in [4.78, 5) is 6.79. The molecule has 3 rings (SSSR count). The summed E-state index contributed by atoms with van der Waals surface area (Å²) < 4.78 is 5.17.